The molecular formula is C27H33FN6O4. The van der Waals surface area contributed by atoms with Gasteiger partial charge in [0.1, 0.15) is 17.5 Å². The van der Waals surface area contributed by atoms with Gasteiger partial charge in [-0.3, -0.25) is 9.69 Å². The minimum absolute atomic E-state index is 0.0935. The molecule has 10 nitrogen and oxygen atoms in total. The molecule has 2 aromatic heterocycles. The second-order valence-electron chi connectivity index (χ2n) is 11.1. The lowest BCUT2D eigenvalue weighted by molar-refractivity contribution is -0.0104. The third-order valence-corrected chi connectivity index (χ3v) is 7.45. The molecule has 1 aromatic carbocycles. The van der Waals surface area contributed by atoms with Crippen molar-refractivity contribution >= 4 is 22.7 Å². The summed E-state index contributed by atoms with van der Waals surface area (Å²) in [5.74, 6) is 1.22. The van der Waals surface area contributed by atoms with Gasteiger partial charge in [0.2, 0.25) is 0 Å². The Morgan fingerprint density at radius 1 is 1.21 bits per heavy atom. The van der Waals surface area contributed by atoms with E-state index in [2.05, 4.69) is 15.2 Å². The van der Waals surface area contributed by atoms with E-state index < -0.39 is 29.9 Å². The molecule has 0 radical (unpaired) electrons. The van der Waals surface area contributed by atoms with Gasteiger partial charge in [-0.05, 0) is 63.6 Å². The van der Waals surface area contributed by atoms with Crippen LogP contribution in [0.25, 0.3) is 22.2 Å². The fourth-order valence-electron chi connectivity index (χ4n) is 5.53. The zero-order valence-corrected chi connectivity index (χ0v) is 22.5. The quantitative estimate of drug-likeness (QED) is 0.509. The number of halogens is 1. The number of nitrogens with zero attached hydrogens (tertiary/aromatic N) is 6. The normalized spacial score (nSPS) is 23.0. The lowest BCUT2D eigenvalue weighted by Crippen LogP contribution is -2.59. The van der Waals surface area contributed by atoms with Gasteiger partial charge in [0.05, 0.1) is 36.3 Å². The lowest BCUT2D eigenvalue weighted by Gasteiger charge is -2.44. The molecule has 0 unspecified atom stereocenters. The highest BCUT2D eigenvalue weighted by Crippen LogP contribution is 2.41. The molecule has 202 valence electrons. The Kier molecular flexibility index (Phi) is 6.48. The first-order valence-electron chi connectivity index (χ1n) is 12.7. The number of methoxy groups -OCH3 is 1. The summed E-state index contributed by atoms with van der Waals surface area (Å²) in [4.78, 5) is 33.1. The number of fused-ring (bicyclic) bond motifs is 3. The highest BCUT2D eigenvalue weighted by molar-refractivity contribution is 5.88. The van der Waals surface area contributed by atoms with Crippen molar-refractivity contribution < 1.29 is 18.7 Å². The fraction of sp³-hybridized carbons (Fsp3) is 0.519. The van der Waals surface area contributed by atoms with Gasteiger partial charge < -0.3 is 18.9 Å². The van der Waals surface area contributed by atoms with Gasteiger partial charge >= 0.3 is 6.09 Å². The number of hydrogen-bond acceptors (Lipinski definition) is 8. The number of aryl methyl sites for hydroxylation is 1. The summed E-state index contributed by atoms with van der Waals surface area (Å²) in [6.45, 7) is 5.43. The molecule has 1 amide bonds. The first kappa shape index (κ1) is 25.9. The molecule has 11 heteroatoms. The van der Waals surface area contributed by atoms with Crippen molar-refractivity contribution in [2.75, 3.05) is 19.1 Å². The predicted molar refractivity (Wildman–Crippen MR) is 141 cm³/mol. The van der Waals surface area contributed by atoms with Gasteiger partial charge in [0, 0.05) is 26.3 Å². The summed E-state index contributed by atoms with van der Waals surface area (Å²) in [5.41, 5.74) is -0.167. The van der Waals surface area contributed by atoms with Crippen molar-refractivity contribution in [2.45, 2.75) is 69.9 Å². The molecule has 4 atom stereocenters. The molecule has 0 spiro atoms. The largest absolute Gasteiger partial charge is 0.496 e. The van der Waals surface area contributed by atoms with Crippen LogP contribution in [0.5, 0.6) is 5.75 Å². The van der Waals surface area contributed by atoms with Crippen molar-refractivity contribution in [3.05, 3.63) is 40.9 Å². The molecular weight excluding hydrogens is 491 g/mol. The molecule has 0 N–H and O–H groups in total. The van der Waals surface area contributed by atoms with Crippen LogP contribution in [0.1, 0.15) is 40.0 Å². The van der Waals surface area contributed by atoms with E-state index in [1.807, 2.05) is 26.8 Å². The first-order chi connectivity index (χ1) is 18.0. The van der Waals surface area contributed by atoms with E-state index in [1.54, 1.807) is 48.4 Å². The molecule has 38 heavy (non-hydrogen) atoms. The van der Waals surface area contributed by atoms with Gasteiger partial charge in [-0.1, -0.05) is 0 Å². The predicted octanol–water partition coefficient (Wildman–Crippen LogP) is 3.71. The highest BCUT2D eigenvalue weighted by atomic mass is 19.1. The number of alkyl halides is 1. The zero-order chi connectivity index (χ0) is 27.4. The second kappa shape index (κ2) is 9.52. The maximum Gasteiger partial charge on any atom is 0.410 e. The number of pyridine rings is 1. The Hall–Kier alpha value is -3.76. The summed E-state index contributed by atoms with van der Waals surface area (Å²) < 4.78 is 28.3. The van der Waals surface area contributed by atoms with E-state index in [9.17, 15) is 9.59 Å². The number of carbonyl (C=O) groups is 1. The van der Waals surface area contributed by atoms with Crippen LogP contribution in [-0.4, -0.2) is 74.8 Å². The smallest absolute Gasteiger partial charge is 0.410 e. The Morgan fingerprint density at radius 3 is 2.63 bits per heavy atom. The number of rotatable bonds is 4. The average molecular weight is 525 g/mol. The van der Waals surface area contributed by atoms with Gasteiger partial charge in [-0.15, -0.1) is 10.2 Å². The number of carbonyl (C=O) groups excluding carboxylic acids is 1. The van der Waals surface area contributed by atoms with Gasteiger partial charge in [0.15, 0.2) is 11.6 Å². The molecule has 0 aliphatic carbocycles. The number of benzene rings is 1. The maximum atomic E-state index is 15.8. The monoisotopic (exact) mass is 524 g/mol. The molecule has 2 aliphatic rings. The molecule has 2 fully saturated rings. The zero-order valence-electron chi connectivity index (χ0n) is 22.5. The lowest BCUT2D eigenvalue weighted by atomic mass is 9.94. The molecule has 4 heterocycles. The summed E-state index contributed by atoms with van der Waals surface area (Å²) in [6, 6.07) is 4.22. The number of anilines is 1. The molecule has 0 saturated carbocycles. The van der Waals surface area contributed by atoms with Crippen LogP contribution in [0.15, 0.2) is 35.4 Å². The van der Waals surface area contributed by atoms with Gasteiger partial charge in [-0.2, -0.15) is 0 Å². The van der Waals surface area contributed by atoms with Crippen LogP contribution < -0.4 is 15.2 Å². The number of ether oxygens (including phenoxy) is 2. The van der Waals surface area contributed by atoms with Crippen LogP contribution in [0.3, 0.4) is 0 Å². The van der Waals surface area contributed by atoms with E-state index in [1.165, 1.54) is 11.7 Å². The summed E-state index contributed by atoms with van der Waals surface area (Å²) in [5, 5.41) is 9.92. The van der Waals surface area contributed by atoms with Crippen LogP contribution in [0, 0.1) is 0 Å². The average Bonchev–Trinajstić information content (AvgIpc) is 3.23. The Labute approximate surface area is 220 Å². The number of piperidine rings is 1. The molecule has 2 saturated heterocycles. The van der Waals surface area contributed by atoms with Crippen LogP contribution in [0.2, 0.25) is 0 Å². The summed E-state index contributed by atoms with van der Waals surface area (Å²) >= 11 is 0. The minimum Gasteiger partial charge on any atom is -0.496 e. The number of hydrogen-bond donors (Lipinski definition) is 0. The topological polar surface area (TPSA) is 103 Å². The molecule has 3 aromatic rings. The van der Waals surface area contributed by atoms with Crippen LogP contribution in [0.4, 0.5) is 15.0 Å². The number of aromatic nitrogens is 4. The number of amides is 1. The second-order valence-corrected chi connectivity index (χ2v) is 11.1. The maximum absolute atomic E-state index is 15.8. The third-order valence-electron chi connectivity index (χ3n) is 7.45. The molecule has 2 bridgehead atoms. The van der Waals surface area contributed by atoms with Crippen molar-refractivity contribution in [3.8, 4) is 17.1 Å². The van der Waals surface area contributed by atoms with Crippen molar-refractivity contribution in [1.82, 2.24) is 24.6 Å². The van der Waals surface area contributed by atoms with E-state index in [0.29, 0.717) is 41.2 Å². The van der Waals surface area contributed by atoms with Crippen molar-refractivity contribution in [2.24, 2.45) is 7.05 Å². The van der Waals surface area contributed by atoms with Gasteiger partial charge in [0.25, 0.3) is 5.56 Å². The Balaban J connectivity index is 1.37. The van der Waals surface area contributed by atoms with Crippen LogP contribution in [-0.2, 0) is 11.8 Å². The Morgan fingerprint density at radius 2 is 1.97 bits per heavy atom. The summed E-state index contributed by atoms with van der Waals surface area (Å²) in [6.07, 6.45) is 3.34. The Bertz CT molecular complexity index is 1420. The minimum atomic E-state index is -1.27. The standard InChI is InChI=1S/C27H33FN6O4/c1-27(2,3)38-26(36)34-16-7-8-19(34)23(28)20(12-16)33(5)22-14-29-24(31-30-22)18-11-15-9-10-32(4)25(35)17(15)13-21(18)37-6/h9-11,13-14,16,19-20,23H,7-8,12H2,1-6H3/t16-,19+,20-,23+/m0/s1. The van der Waals surface area contributed by atoms with E-state index in [4.69, 9.17) is 9.47 Å². The van der Waals surface area contributed by atoms with E-state index in [0.717, 1.165) is 11.8 Å². The fourth-order valence-corrected chi connectivity index (χ4v) is 5.53. The van der Waals surface area contributed by atoms with Gasteiger partial charge in [-0.25, -0.2) is 14.2 Å². The molecule has 2 aliphatic heterocycles. The SMILES string of the molecule is COc1cc2c(=O)n(C)ccc2cc1-c1ncc(N(C)[C@H]2C[C@@H]3CC[C@H]([C@H]2F)N3C(=O)OC(C)(C)C)nn1. The van der Waals surface area contributed by atoms with E-state index in [-0.39, 0.29) is 11.6 Å². The van der Waals surface area contributed by atoms with Crippen molar-refractivity contribution in [3.63, 3.8) is 0 Å². The first-order valence-corrected chi connectivity index (χ1v) is 12.7. The highest BCUT2D eigenvalue weighted by Gasteiger charge is 2.52. The van der Waals surface area contributed by atoms with E-state index >= 15 is 4.39 Å². The third kappa shape index (κ3) is 4.54. The van der Waals surface area contributed by atoms with Crippen LogP contribution >= 0.6 is 0 Å². The summed E-state index contributed by atoms with van der Waals surface area (Å²) in [7, 11) is 4.99. The van der Waals surface area contributed by atoms with Crippen molar-refractivity contribution in [1.29, 1.82) is 0 Å². The molecule has 5 rings (SSSR count).